The lowest BCUT2D eigenvalue weighted by Crippen LogP contribution is -2.17. The van der Waals surface area contributed by atoms with Gasteiger partial charge in [0.25, 0.3) is 0 Å². The molecule has 0 amide bonds. The minimum atomic E-state index is 0.573. The highest BCUT2D eigenvalue weighted by Crippen LogP contribution is 2.20. The Bertz CT molecular complexity index is 89.6. The molecule has 1 aliphatic rings. The fourth-order valence-corrected chi connectivity index (χ4v) is 1.68. The minimum absolute atomic E-state index is 0.573. The van der Waals surface area contributed by atoms with E-state index < -0.39 is 0 Å². The van der Waals surface area contributed by atoms with E-state index >= 15 is 0 Å². The van der Waals surface area contributed by atoms with Crippen LogP contribution in [0.25, 0.3) is 0 Å². The Kier molecular flexibility index (Phi) is 5.04. The number of hydrogen-bond acceptors (Lipinski definition) is 2. The average molecular weight is 174 g/mol. The summed E-state index contributed by atoms with van der Waals surface area (Å²) in [7, 11) is 0. The molecule has 1 fully saturated rings. The van der Waals surface area contributed by atoms with Crippen LogP contribution >= 0.6 is 12.6 Å². The first-order chi connectivity index (χ1) is 5.43. The number of thiol groups is 1. The van der Waals surface area contributed by atoms with E-state index in [1.54, 1.807) is 0 Å². The van der Waals surface area contributed by atoms with Crippen LogP contribution in [-0.4, -0.2) is 18.5 Å². The summed E-state index contributed by atoms with van der Waals surface area (Å²) in [5, 5.41) is 0. The zero-order valence-corrected chi connectivity index (χ0v) is 7.98. The van der Waals surface area contributed by atoms with Gasteiger partial charge in [0.1, 0.15) is 0 Å². The Hall–Kier alpha value is 0.310. The van der Waals surface area contributed by atoms with E-state index in [1.165, 1.54) is 32.1 Å². The van der Waals surface area contributed by atoms with E-state index in [4.69, 9.17) is 4.74 Å². The van der Waals surface area contributed by atoms with Crippen LogP contribution < -0.4 is 0 Å². The molecule has 0 radical (unpaired) electrons. The molecule has 11 heavy (non-hydrogen) atoms. The molecule has 0 N–H and O–H groups in total. The standard InChI is InChI=1S/C9H18OS/c11-8-4-7-10-9-5-2-1-3-6-9/h9,11H,1-8H2. The SMILES string of the molecule is SCCCOC1CCCCC1. The highest BCUT2D eigenvalue weighted by atomic mass is 32.1. The molecule has 0 bridgehead atoms. The van der Waals surface area contributed by atoms with Crippen LogP contribution in [0.5, 0.6) is 0 Å². The zero-order chi connectivity index (χ0) is 7.94. The Morgan fingerprint density at radius 1 is 1.18 bits per heavy atom. The lowest BCUT2D eigenvalue weighted by Gasteiger charge is -2.21. The van der Waals surface area contributed by atoms with Crippen molar-refractivity contribution in [2.75, 3.05) is 12.4 Å². The molecule has 0 unspecified atom stereocenters. The van der Waals surface area contributed by atoms with Gasteiger partial charge in [0.2, 0.25) is 0 Å². The molecule has 1 nitrogen and oxygen atoms in total. The fourth-order valence-electron chi connectivity index (χ4n) is 1.55. The molecule has 0 aliphatic heterocycles. The zero-order valence-electron chi connectivity index (χ0n) is 7.09. The topological polar surface area (TPSA) is 9.23 Å². The Morgan fingerprint density at radius 2 is 1.91 bits per heavy atom. The van der Waals surface area contributed by atoms with Gasteiger partial charge in [-0.15, -0.1) is 0 Å². The Balaban J connectivity index is 1.96. The van der Waals surface area contributed by atoms with Crippen molar-refractivity contribution in [3.05, 3.63) is 0 Å². The van der Waals surface area contributed by atoms with E-state index in [0.717, 1.165) is 18.8 Å². The van der Waals surface area contributed by atoms with Crippen LogP contribution in [0, 0.1) is 0 Å². The van der Waals surface area contributed by atoms with Gasteiger partial charge < -0.3 is 4.74 Å². The van der Waals surface area contributed by atoms with E-state index in [0.29, 0.717) is 6.10 Å². The van der Waals surface area contributed by atoms with Gasteiger partial charge in [0.15, 0.2) is 0 Å². The first kappa shape index (κ1) is 9.40. The van der Waals surface area contributed by atoms with Crippen molar-refractivity contribution in [1.29, 1.82) is 0 Å². The highest BCUT2D eigenvalue weighted by molar-refractivity contribution is 7.80. The minimum Gasteiger partial charge on any atom is -0.378 e. The second kappa shape index (κ2) is 5.90. The second-order valence-corrected chi connectivity index (χ2v) is 3.66. The van der Waals surface area contributed by atoms with Crippen LogP contribution in [0.1, 0.15) is 38.5 Å². The maximum atomic E-state index is 5.67. The van der Waals surface area contributed by atoms with E-state index in [1.807, 2.05) is 0 Å². The molecule has 1 rings (SSSR count). The van der Waals surface area contributed by atoms with Gasteiger partial charge in [-0.05, 0) is 25.0 Å². The molecular formula is C9H18OS. The summed E-state index contributed by atoms with van der Waals surface area (Å²) >= 11 is 4.14. The summed E-state index contributed by atoms with van der Waals surface area (Å²) < 4.78 is 5.67. The van der Waals surface area contributed by atoms with Crippen molar-refractivity contribution in [3.63, 3.8) is 0 Å². The smallest absolute Gasteiger partial charge is 0.0575 e. The fraction of sp³-hybridized carbons (Fsp3) is 1.00. The molecule has 0 spiro atoms. The van der Waals surface area contributed by atoms with Crippen molar-refractivity contribution in [1.82, 2.24) is 0 Å². The third kappa shape index (κ3) is 4.02. The predicted octanol–water partition coefficient (Wildman–Crippen LogP) is 2.66. The van der Waals surface area contributed by atoms with Crippen LogP contribution in [-0.2, 0) is 4.74 Å². The first-order valence-electron chi connectivity index (χ1n) is 4.66. The van der Waals surface area contributed by atoms with Gasteiger partial charge in [-0.25, -0.2) is 0 Å². The number of hydrogen-bond donors (Lipinski definition) is 1. The lowest BCUT2D eigenvalue weighted by molar-refractivity contribution is 0.0293. The third-order valence-corrected chi connectivity index (χ3v) is 2.52. The van der Waals surface area contributed by atoms with Crippen molar-refractivity contribution >= 4 is 12.6 Å². The largest absolute Gasteiger partial charge is 0.378 e. The summed E-state index contributed by atoms with van der Waals surface area (Å²) in [5.41, 5.74) is 0. The monoisotopic (exact) mass is 174 g/mol. The highest BCUT2D eigenvalue weighted by Gasteiger charge is 2.12. The van der Waals surface area contributed by atoms with Gasteiger partial charge in [-0.2, -0.15) is 12.6 Å². The Morgan fingerprint density at radius 3 is 2.55 bits per heavy atom. The molecule has 0 atom stereocenters. The van der Waals surface area contributed by atoms with Crippen LogP contribution in [0.3, 0.4) is 0 Å². The van der Waals surface area contributed by atoms with Crippen molar-refractivity contribution in [2.24, 2.45) is 0 Å². The van der Waals surface area contributed by atoms with Gasteiger partial charge >= 0.3 is 0 Å². The third-order valence-electron chi connectivity index (χ3n) is 2.21. The molecule has 1 aliphatic carbocycles. The van der Waals surface area contributed by atoms with E-state index in [9.17, 15) is 0 Å². The van der Waals surface area contributed by atoms with Gasteiger partial charge in [-0.1, -0.05) is 19.3 Å². The second-order valence-electron chi connectivity index (χ2n) is 3.21. The van der Waals surface area contributed by atoms with E-state index in [-0.39, 0.29) is 0 Å². The molecule has 2 heteroatoms. The molecule has 1 saturated carbocycles. The normalized spacial score (nSPS) is 20.5. The van der Waals surface area contributed by atoms with Crippen molar-refractivity contribution in [3.8, 4) is 0 Å². The van der Waals surface area contributed by atoms with Gasteiger partial charge in [0.05, 0.1) is 6.10 Å². The van der Waals surface area contributed by atoms with Crippen LogP contribution in [0.2, 0.25) is 0 Å². The summed E-state index contributed by atoms with van der Waals surface area (Å²) in [6.45, 7) is 0.911. The molecular weight excluding hydrogens is 156 g/mol. The maximum Gasteiger partial charge on any atom is 0.0575 e. The van der Waals surface area contributed by atoms with Crippen LogP contribution in [0.15, 0.2) is 0 Å². The molecule has 0 saturated heterocycles. The molecule has 0 aromatic heterocycles. The van der Waals surface area contributed by atoms with E-state index in [2.05, 4.69) is 12.6 Å². The molecule has 66 valence electrons. The first-order valence-corrected chi connectivity index (χ1v) is 5.29. The summed E-state index contributed by atoms with van der Waals surface area (Å²) in [6.07, 6.45) is 8.38. The quantitative estimate of drug-likeness (QED) is 0.509. The Labute approximate surface area is 74.9 Å². The predicted molar refractivity (Wildman–Crippen MR) is 51.3 cm³/mol. The number of ether oxygens (including phenoxy) is 1. The number of rotatable bonds is 4. The summed E-state index contributed by atoms with van der Waals surface area (Å²) in [5.74, 6) is 0.951. The maximum absolute atomic E-state index is 5.67. The van der Waals surface area contributed by atoms with Gasteiger partial charge in [0, 0.05) is 6.61 Å². The van der Waals surface area contributed by atoms with Crippen molar-refractivity contribution in [2.45, 2.75) is 44.6 Å². The molecule has 0 aromatic rings. The molecule has 0 heterocycles. The van der Waals surface area contributed by atoms with Gasteiger partial charge in [-0.3, -0.25) is 0 Å². The average Bonchev–Trinajstić information content (AvgIpc) is 2.07. The molecule has 0 aromatic carbocycles. The van der Waals surface area contributed by atoms with Crippen molar-refractivity contribution < 1.29 is 4.74 Å². The summed E-state index contributed by atoms with van der Waals surface area (Å²) in [6, 6.07) is 0. The van der Waals surface area contributed by atoms with Crippen LogP contribution in [0.4, 0.5) is 0 Å². The lowest BCUT2D eigenvalue weighted by atomic mass is 9.98. The summed E-state index contributed by atoms with van der Waals surface area (Å²) in [4.78, 5) is 0.